The van der Waals surface area contributed by atoms with Gasteiger partial charge in [0.15, 0.2) is 5.82 Å². The lowest BCUT2D eigenvalue weighted by atomic mass is 9.74. The second-order valence-corrected chi connectivity index (χ2v) is 10.2. The summed E-state index contributed by atoms with van der Waals surface area (Å²) >= 11 is 0. The fourth-order valence-electron chi connectivity index (χ4n) is 5.34. The van der Waals surface area contributed by atoms with E-state index in [1.54, 1.807) is 4.57 Å². The number of aromatic nitrogens is 4. The topological polar surface area (TPSA) is 93.0 Å². The highest BCUT2D eigenvalue weighted by Crippen LogP contribution is 2.49. The molecule has 37 heavy (non-hydrogen) atoms. The molecule has 1 unspecified atom stereocenters. The van der Waals surface area contributed by atoms with Crippen molar-refractivity contribution in [1.82, 2.24) is 19.7 Å². The van der Waals surface area contributed by atoms with Crippen LogP contribution < -0.4 is 10.3 Å². The van der Waals surface area contributed by atoms with Gasteiger partial charge in [-0.05, 0) is 60.4 Å². The van der Waals surface area contributed by atoms with Crippen molar-refractivity contribution in [2.45, 2.75) is 59.4 Å². The van der Waals surface area contributed by atoms with Crippen LogP contribution in [0.1, 0.15) is 61.8 Å². The number of hydrogen-bond acceptors (Lipinski definition) is 5. The molecule has 1 atom stereocenters. The van der Waals surface area contributed by atoms with Crippen LogP contribution in [0.3, 0.4) is 0 Å². The maximum absolute atomic E-state index is 14.1. The first kappa shape index (κ1) is 24.8. The van der Waals surface area contributed by atoms with E-state index < -0.39 is 0 Å². The van der Waals surface area contributed by atoms with Crippen LogP contribution in [0.25, 0.3) is 22.6 Å². The third-order valence-corrected chi connectivity index (χ3v) is 7.34. The molecule has 0 bridgehead atoms. The van der Waals surface area contributed by atoms with Crippen molar-refractivity contribution < 1.29 is 9.84 Å². The van der Waals surface area contributed by atoms with Crippen LogP contribution in [0.2, 0.25) is 0 Å². The van der Waals surface area contributed by atoms with Gasteiger partial charge in [0.05, 0.1) is 18.8 Å². The zero-order valence-corrected chi connectivity index (χ0v) is 21.9. The van der Waals surface area contributed by atoms with E-state index in [0.29, 0.717) is 13.2 Å². The maximum Gasteiger partial charge on any atom is 0.266 e. The lowest BCUT2D eigenvalue weighted by Gasteiger charge is -2.34. The van der Waals surface area contributed by atoms with E-state index in [9.17, 15) is 9.90 Å². The van der Waals surface area contributed by atoms with Crippen LogP contribution in [0.5, 0.6) is 11.5 Å². The molecule has 2 aromatic carbocycles. The van der Waals surface area contributed by atoms with Gasteiger partial charge in [0.2, 0.25) is 0 Å². The summed E-state index contributed by atoms with van der Waals surface area (Å²) < 4.78 is 7.93. The fourth-order valence-corrected chi connectivity index (χ4v) is 5.34. The number of benzene rings is 2. The van der Waals surface area contributed by atoms with Crippen molar-refractivity contribution in [2.24, 2.45) is 5.92 Å². The largest absolute Gasteiger partial charge is 0.507 e. The van der Waals surface area contributed by atoms with E-state index in [1.807, 2.05) is 37.3 Å². The van der Waals surface area contributed by atoms with Gasteiger partial charge in [-0.3, -0.25) is 9.89 Å². The molecule has 0 fully saturated rings. The third-order valence-electron chi connectivity index (χ3n) is 7.34. The van der Waals surface area contributed by atoms with Gasteiger partial charge in [-0.1, -0.05) is 57.5 Å². The predicted octanol–water partition coefficient (Wildman–Crippen LogP) is 5.84. The molecular weight excluding hydrogens is 464 g/mol. The van der Waals surface area contributed by atoms with E-state index in [1.165, 1.54) is 6.33 Å². The molecule has 1 aliphatic rings. The van der Waals surface area contributed by atoms with E-state index in [2.05, 4.69) is 48.1 Å². The highest BCUT2D eigenvalue weighted by atomic mass is 16.5. The number of unbranched alkanes of at least 4 members (excludes halogenated alkanes) is 1. The van der Waals surface area contributed by atoms with Crippen LogP contribution >= 0.6 is 0 Å². The number of ether oxygens (including phenoxy) is 1. The van der Waals surface area contributed by atoms with E-state index >= 15 is 0 Å². The van der Waals surface area contributed by atoms with Gasteiger partial charge < -0.3 is 14.4 Å². The minimum absolute atomic E-state index is 0.00802. The molecule has 5 rings (SSSR count). The first-order valence-corrected chi connectivity index (χ1v) is 13.1. The van der Waals surface area contributed by atoms with Crippen LogP contribution in [0.4, 0.5) is 0 Å². The van der Waals surface area contributed by atoms with Gasteiger partial charge in [-0.25, -0.2) is 4.98 Å². The van der Waals surface area contributed by atoms with Crippen molar-refractivity contribution in [3.63, 3.8) is 0 Å². The first-order valence-electron chi connectivity index (χ1n) is 13.1. The summed E-state index contributed by atoms with van der Waals surface area (Å²) in [7, 11) is 0. The van der Waals surface area contributed by atoms with Crippen LogP contribution in [0.15, 0.2) is 53.6 Å². The van der Waals surface area contributed by atoms with Crippen molar-refractivity contribution in [3.05, 3.63) is 81.4 Å². The van der Waals surface area contributed by atoms with Gasteiger partial charge in [-0.2, -0.15) is 5.10 Å². The smallest absolute Gasteiger partial charge is 0.266 e. The number of pyridine rings is 1. The number of aromatic amines is 1. The predicted molar refractivity (Wildman–Crippen MR) is 145 cm³/mol. The summed E-state index contributed by atoms with van der Waals surface area (Å²) in [6.07, 6.45) is 4.18. The number of fused-ring (bicyclic) bond motifs is 3. The number of aryl methyl sites for hydroxylation is 1. The number of aromatic hydroxyl groups is 1. The van der Waals surface area contributed by atoms with Crippen molar-refractivity contribution in [1.29, 1.82) is 0 Å². The molecule has 0 aliphatic heterocycles. The summed E-state index contributed by atoms with van der Waals surface area (Å²) in [6.45, 7) is 9.57. The molecule has 7 nitrogen and oxygen atoms in total. The number of hydrogen-bond donors (Lipinski definition) is 2. The van der Waals surface area contributed by atoms with Gasteiger partial charge in [0.1, 0.15) is 23.4 Å². The molecule has 2 aromatic heterocycles. The molecule has 2 N–H and O–H groups in total. The van der Waals surface area contributed by atoms with Crippen LogP contribution in [0, 0.1) is 12.8 Å². The summed E-state index contributed by atoms with van der Waals surface area (Å²) in [5.41, 5.74) is 5.56. The number of H-pyrrole nitrogens is 1. The van der Waals surface area contributed by atoms with Crippen molar-refractivity contribution in [2.75, 3.05) is 6.61 Å². The van der Waals surface area contributed by atoms with Crippen LogP contribution in [-0.4, -0.2) is 31.5 Å². The van der Waals surface area contributed by atoms with Gasteiger partial charge in [0, 0.05) is 11.1 Å². The summed E-state index contributed by atoms with van der Waals surface area (Å²) in [5, 5.41) is 18.4. The zero-order valence-electron chi connectivity index (χ0n) is 21.9. The highest BCUT2D eigenvalue weighted by Gasteiger charge is 2.36. The molecule has 0 spiro atoms. The van der Waals surface area contributed by atoms with Crippen molar-refractivity contribution >= 4 is 0 Å². The fraction of sp³-hybridized carbons (Fsp3) is 0.367. The molecule has 2 heterocycles. The lowest BCUT2D eigenvalue weighted by molar-refractivity contribution is 0.307. The maximum atomic E-state index is 14.1. The number of nitrogens with zero attached hydrogens (tertiary/aromatic N) is 3. The molecule has 4 aromatic rings. The Balaban J connectivity index is 1.80. The second kappa shape index (κ2) is 10.2. The zero-order chi connectivity index (χ0) is 26.1. The molecule has 0 radical (unpaired) electrons. The van der Waals surface area contributed by atoms with Gasteiger partial charge in [0.25, 0.3) is 5.56 Å². The molecular formula is C30H34N4O3. The SMILES string of the molecule is CCCCOc1cc2c(cc1C)-c1c(c(O)c(-c3ncn[nH]3)c(=O)n1Cc1ccccc1)C(C(C)C)C2. The Kier molecular flexibility index (Phi) is 6.87. The van der Waals surface area contributed by atoms with Crippen molar-refractivity contribution in [3.8, 4) is 34.1 Å². The normalized spacial score (nSPS) is 14.5. The second-order valence-electron chi connectivity index (χ2n) is 10.2. The standard InChI is InChI=1S/C30H34N4O3/c1-5-6-12-37-24-15-21-14-22(18(2)3)25-27(23(21)13-19(24)4)34(16-20-10-8-7-9-11-20)30(36)26(28(25)35)29-31-17-32-33-29/h7-11,13,15,17-18,22,35H,5-6,12,14,16H2,1-4H3,(H,31,32,33). The number of rotatable bonds is 8. The summed E-state index contributed by atoms with van der Waals surface area (Å²) in [6, 6.07) is 14.2. The quantitative estimate of drug-likeness (QED) is 0.298. The van der Waals surface area contributed by atoms with Gasteiger partial charge in [-0.15, -0.1) is 0 Å². The molecule has 0 saturated carbocycles. The average molecular weight is 499 g/mol. The average Bonchev–Trinajstić information content (AvgIpc) is 3.41. The molecule has 0 amide bonds. The summed E-state index contributed by atoms with van der Waals surface area (Å²) in [4.78, 5) is 18.3. The Hall–Kier alpha value is -3.87. The number of nitrogens with one attached hydrogen (secondary N) is 1. The van der Waals surface area contributed by atoms with E-state index in [-0.39, 0.29) is 34.5 Å². The Morgan fingerprint density at radius 1 is 1.22 bits per heavy atom. The Morgan fingerprint density at radius 3 is 2.68 bits per heavy atom. The summed E-state index contributed by atoms with van der Waals surface area (Å²) in [5.74, 6) is 1.40. The Bertz CT molecular complexity index is 1460. The minimum atomic E-state index is -0.298. The highest BCUT2D eigenvalue weighted by molar-refractivity contribution is 5.80. The Labute approximate surface area is 217 Å². The lowest BCUT2D eigenvalue weighted by Crippen LogP contribution is -2.30. The Morgan fingerprint density at radius 2 is 2.00 bits per heavy atom. The molecule has 7 heteroatoms. The monoisotopic (exact) mass is 498 g/mol. The molecule has 192 valence electrons. The first-order chi connectivity index (χ1) is 17.9. The molecule has 1 aliphatic carbocycles. The van der Waals surface area contributed by atoms with E-state index in [4.69, 9.17) is 4.74 Å². The van der Waals surface area contributed by atoms with Gasteiger partial charge >= 0.3 is 0 Å². The van der Waals surface area contributed by atoms with E-state index in [0.717, 1.165) is 58.5 Å². The third kappa shape index (κ3) is 4.54. The van der Waals surface area contributed by atoms with Crippen LogP contribution in [-0.2, 0) is 13.0 Å². The minimum Gasteiger partial charge on any atom is -0.507 e. The molecule has 0 saturated heterocycles.